The second-order valence-corrected chi connectivity index (χ2v) is 12.5. The van der Waals surface area contributed by atoms with Crippen LogP contribution in [0.2, 0.25) is 0 Å². The van der Waals surface area contributed by atoms with Gasteiger partial charge in [0.25, 0.3) is 0 Å². The Morgan fingerprint density at radius 3 is 2.42 bits per heavy atom. The topological polar surface area (TPSA) is 75.7 Å². The normalized spacial score (nSPS) is 19.8. The largest absolute Gasteiger partial charge is 0.456 e. The molecule has 36 heavy (non-hydrogen) atoms. The number of rotatable bonds is 5. The number of nitrogens with one attached hydrogen (secondary N) is 1. The first-order valence-corrected chi connectivity index (χ1v) is 14.0. The maximum absolute atomic E-state index is 13.7. The summed E-state index contributed by atoms with van der Waals surface area (Å²) < 4.78 is 7.12. The quantitative estimate of drug-likeness (QED) is 0.399. The lowest BCUT2D eigenvalue weighted by Gasteiger charge is -2.37. The van der Waals surface area contributed by atoms with Gasteiger partial charge in [-0.25, -0.2) is 4.79 Å². The molecule has 192 valence electrons. The second kappa shape index (κ2) is 10.7. The van der Waals surface area contributed by atoms with Gasteiger partial charge in [0.05, 0.1) is 11.0 Å². The Kier molecular flexibility index (Phi) is 7.95. The first-order valence-electron chi connectivity index (χ1n) is 12.4. The summed E-state index contributed by atoms with van der Waals surface area (Å²) in [5.41, 5.74) is 0.708. The Morgan fingerprint density at radius 2 is 1.75 bits per heavy atom. The molecule has 1 N–H and O–H groups in total. The molecule has 1 saturated carbocycles. The van der Waals surface area contributed by atoms with E-state index in [1.807, 2.05) is 45.0 Å². The van der Waals surface area contributed by atoms with Crippen molar-refractivity contribution in [2.24, 2.45) is 0 Å². The fourth-order valence-electron chi connectivity index (χ4n) is 5.14. The van der Waals surface area contributed by atoms with Gasteiger partial charge in [-0.15, -0.1) is 0 Å². The van der Waals surface area contributed by atoms with E-state index < -0.39 is 23.0 Å². The molecule has 4 rings (SSSR count). The van der Waals surface area contributed by atoms with Crippen molar-refractivity contribution in [3.63, 3.8) is 0 Å². The van der Waals surface area contributed by atoms with Crippen molar-refractivity contribution in [1.82, 2.24) is 5.32 Å². The minimum Gasteiger partial charge on any atom is -0.456 e. The van der Waals surface area contributed by atoms with E-state index in [9.17, 15) is 14.4 Å². The summed E-state index contributed by atoms with van der Waals surface area (Å²) >= 11 is 7.00. The van der Waals surface area contributed by atoms with Crippen LogP contribution >= 0.6 is 31.9 Å². The highest BCUT2D eigenvalue weighted by atomic mass is 79.9. The average molecular weight is 620 g/mol. The van der Waals surface area contributed by atoms with Gasteiger partial charge in [0.1, 0.15) is 11.6 Å². The van der Waals surface area contributed by atoms with Crippen molar-refractivity contribution < 1.29 is 19.1 Å². The van der Waals surface area contributed by atoms with Gasteiger partial charge >= 0.3 is 5.97 Å². The van der Waals surface area contributed by atoms with Gasteiger partial charge in [-0.05, 0) is 75.9 Å². The van der Waals surface area contributed by atoms with E-state index in [1.165, 1.54) is 0 Å². The number of amides is 2. The lowest BCUT2D eigenvalue weighted by Crippen LogP contribution is -2.51. The van der Waals surface area contributed by atoms with E-state index in [4.69, 9.17) is 4.74 Å². The molecule has 1 atom stereocenters. The third-order valence-corrected chi connectivity index (χ3v) is 7.81. The van der Waals surface area contributed by atoms with E-state index in [2.05, 4.69) is 37.2 Å². The molecular weight excluding hydrogens is 588 g/mol. The number of hydrogen-bond acceptors (Lipinski definition) is 4. The molecule has 8 heteroatoms. The lowest BCUT2D eigenvalue weighted by atomic mass is 9.68. The van der Waals surface area contributed by atoms with E-state index >= 15 is 0 Å². The van der Waals surface area contributed by atoms with Gasteiger partial charge in [-0.1, -0.05) is 63.3 Å². The van der Waals surface area contributed by atoms with Crippen molar-refractivity contribution in [3.05, 3.63) is 62.5 Å². The van der Waals surface area contributed by atoms with Crippen LogP contribution in [0.4, 0.5) is 5.69 Å². The van der Waals surface area contributed by atoms with Crippen LogP contribution in [0.15, 0.2) is 51.4 Å². The molecule has 2 aromatic carbocycles. The number of ether oxygens (including phenoxy) is 1. The first-order chi connectivity index (χ1) is 17.0. The lowest BCUT2D eigenvalue weighted by molar-refractivity contribution is -0.131. The maximum atomic E-state index is 13.7. The highest BCUT2D eigenvalue weighted by Crippen LogP contribution is 2.41. The minimum atomic E-state index is -0.630. The molecule has 1 aliphatic heterocycles. The van der Waals surface area contributed by atoms with Crippen molar-refractivity contribution in [2.75, 3.05) is 11.4 Å². The van der Waals surface area contributed by atoms with Gasteiger partial charge in [0.15, 0.2) is 0 Å². The summed E-state index contributed by atoms with van der Waals surface area (Å²) in [6.45, 7) is 5.90. The molecule has 6 nitrogen and oxygen atoms in total. The molecule has 1 aliphatic carbocycles. The van der Waals surface area contributed by atoms with Crippen LogP contribution in [0.1, 0.15) is 75.2 Å². The molecule has 1 saturated heterocycles. The summed E-state index contributed by atoms with van der Waals surface area (Å²) in [5, 5.41) is 3.09. The van der Waals surface area contributed by atoms with Gasteiger partial charge in [-0.3, -0.25) is 9.59 Å². The minimum absolute atomic E-state index is 0.0795. The average Bonchev–Trinajstić information content (AvgIpc) is 3.18. The van der Waals surface area contributed by atoms with E-state index in [-0.39, 0.29) is 11.8 Å². The van der Waals surface area contributed by atoms with Crippen LogP contribution in [-0.4, -0.2) is 36.0 Å². The standard InChI is InChI=1S/C28H32Br2N2O4/c1-27(2,3)36-25(34)18-14-21(30)17-22(15-18)32-13-10-23(24(32)33)31-26(35)28(11-5-4-6-12-28)19-8-7-9-20(29)16-19/h7-9,14-17,23H,4-6,10-13H2,1-3H3,(H,31,35). The molecule has 1 unspecified atom stereocenters. The van der Waals surface area contributed by atoms with E-state index in [1.54, 1.807) is 23.1 Å². The smallest absolute Gasteiger partial charge is 0.338 e. The summed E-state index contributed by atoms with van der Waals surface area (Å²) in [7, 11) is 0. The van der Waals surface area contributed by atoms with Crippen molar-refractivity contribution in [2.45, 2.75) is 76.4 Å². The summed E-state index contributed by atoms with van der Waals surface area (Å²) in [5.74, 6) is -0.698. The summed E-state index contributed by atoms with van der Waals surface area (Å²) in [6.07, 6.45) is 5.12. The number of benzene rings is 2. The molecule has 1 heterocycles. The molecule has 0 spiro atoms. The van der Waals surface area contributed by atoms with Crippen molar-refractivity contribution in [1.29, 1.82) is 0 Å². The monoisotopic (exact) mass is 618 g/mol. The fourth-order valence-corrected chi connectivity index (χ4v) is 6.02. The molecule has 0 radical (unpaired) electrons. The van der Waals surface area contributed by atoms with Crippen molar-refractivity contribution in [3.8, 4) is 0 Å². The predicted octanol–water partition coefficient (Wildman–Crippen LogP) is 6.29. The predicted molar refractivity (Wildman–Crippen MR) is 147 cm³/mol. The van der Waals surface area contributed by atoms with Crippen LogP contribution < -0.4 is 10.2 Å². The molecule has 2 aliphatic rings. The zero-order valence-corrected chi connectivity index (χ0v) is 24.1. The van der Waals surface area contributed by atoms with Crippen LogP contribution in [0.3, 0.4) is 0 Å². The Bertz CT molecular complexity index is 1170. The zero-order valence-electron chi connectivity index (χ0n) is 20.9. The SMILES string of the molecule is CC(C)(C)OC(=O)c1cc(Br)cc(N2CCC(NC(=O)C3(c4cccc(Br)c4)CCCCC3)C2=O)c1. The summed E-state index contributed by atoms with van der Waals surface area (Å²) in [4.78, 5) is 41.4. The fraction of sp³-hybridized carbons (Fsp3) is 0.464. The molecule has 2 amide bonds. The Hall–Kier alpha value is -2.19. The molecule has 2 aromatic rings. The number of anilines is 1. The summed E-state index contributed by atoms with van der Waals surface area (Å²) in [6, 6.07) is 12.5. The van der Waals surface area contributed by atoms with Gasteiger partial charge < -0.3 is 15.0 Å². The number of hydrogen-bond donors (Lipinski definition) is 1. The van der Waals surface area contributed by atoms with Gasteiger partial charge in [0.2, 0.25) is 11.8 Å². The third kappa shape index (κ3) is 5.86. The molecule has 2 fully saturated rings. The van der Waals surface area contributed by atoms with Gasteiger partial charge in [-0.2, -0.15) is 0 Å². The molecular formula is C28H32Br2N2O4. The number of carbonyl (C=O) groups excluding carboxylic acids is 3. The third-order valence-electron chi connectivity index (χ3n) is 6.86. The van der Waals surface area contributed by atoms with E-state index in [0.717, 1.165) is 42.1 Å². The molecule has 0 bridgehead atoms. The maximum Gasteiger partial charge on any atom is 0.338 e. The van der Waals surface area contributed by atoms with Crippen LogP contribution in [-0.2, 0) is 19.7 Å². The highest BCUT2D eigenvalue weighted by molar-refractivity contribution is 9.10. The van der Waals surface area contributed by atoms with Crippen molar-refractivity contribution >= 4 is 55.3 Å². The zero-order chi connectivity index (χ0) is 26.1. The number of halogens is 2. The second-order valence-electron chi connectivity index (χ2n) is 10.7. The van der Waals surface area contributed by atoms with Crippen LogP contribution in [0, 0.1) is 0 Å². The Labute approximate surface area is 229 Å². The number of carbonyl (C=O) groups is 3. The van der Waals surface area contributed by atoms with Crippen LogP contribution in [0.25, 0.3) is 0 Å². The van der Waals surface area contributed by atoms with Gasteiger partial charge in [0, 0.05) is 21.2 Å². The highest BCUT2D eigenvalue weighted by Gasteiger charge is 2.44. The number of esters is 1. The Balaban J connectivity index is 1.53. The Morgan fingerprint density at radius 1 is 1.03 bits per heavy atom. The first kappa shape index (κ1) is 26.9. The van der Waals surface area contributed by atoms with Crippen LogP contribution in [0.5, 0.6) is 0 Å². The molecule has 0 aromatic heterocycles. The van der Waals surface area contributed by atoms with E-state index in [0.29, 0.717) is 28.7 Å². The number of nitrogens with zero attached hydrogens (tertiary/aromatic N) is 1.